The molecule has 0 saturated carbocycles. The van der Waals surface area contributed by atoms with Crippen molar-refractivity contribution in [3.8, 4) is 5.88 Å². The normalized spacial score (nSPS) is 14.7. The molecule has 5 heteroatoms. The van der Waals surface area contributed by atoms with E-state index in [0.29, 0.717) is 16.8 Å². The molecule has 4 nitrogen and oxygen atoms in total. The average Bonchev–Trinajstić information content (AvgIpc) is 2.89. The van der Waals surface area contributed by atoms with Gasteiger partial charge in [0.15, 0.2) is 0 Å². The molecule has 4 rings (SSSR count). The maximum Gasteiger partial charge on any atom is 0.292 e. The summed E-state index contributed by atoms with van der Waals surface area (Å²) in [5.41, 5.74) is 2.22. The number of fused-ring (bicyclic) bond motifs is 1. The molecule has 0 radical (unpaired) electrons. The van der Waals surface area contributed by atoms with Crippen LogP contribution in [-0.4, -0.2) is 16.0 Å². The highest BCUT2D eigenvalue weighted by molar-refractivity contribution is 6.11. The van der Waals surface area contributed by atoms with Gasteiger partial charge in [0, 0.05) is 17.8 Å². The minimum atomic E-state index is -0.412. The molecular weight excluding hydrogens is 319 g/mol. The van der Waals surface area contributed by atoms with Crippen molar-refractivity contribution in [2.45, 2.75) is 0 Å². The van der Waals surface area contributed by atoms with Crippen LogP contribution in [0.4, 0.5) is 4.39 Å². The Morgan fingerprint density at radius 2 is 1.76 bits per heavy atom. The van der Waals surface area contributed by atoms with E-state index in [2.05, 4.69) is 4.98 Å². The van der Waals surface area contributed by atoms with E-state index in [1.54, 1.807) is 30.5 Å². The molecule has 0 saturated heterocycles. The predicted molar refractivity (Wildman–Crippen MR) is 91.7 cm³/mol. The highest BCUT2D eigenvalue weighted by Crippen LogP contribution is 2.35. The number of rotatable bonds is 3. The van der Waals surface area contributed by atoms with Crippen LogP contribution in [0.1, 0.15) is 21.5 Å². The first-order chi connectivity index (χ1) is 12.2. The lowest BCUT2D eigenvalue weighted by Gasteiger charge is -2.17. The third-order valence-electron chi connectivity index (χ3n) is 3.82. The number of hydrogen-bond donors (Lipinski definition) is 0. The second kappa shape index (κ2) is 6.20. The van der Waals surface area contributed by atoms with E-state index in [1.165, 1.54) is 18.2 Å². The molecule has 1 aliphatic heterocycles. The van der Waals surface area contributed by atoms with E-state index in [1.807, 2.05) is 30.3 Å². The molecule has 0 N–H and O–H groups in total. The van der Waals surface area contributed by atoms with Crippen molar-refractivity contribution >= 4 is 17.7 Å². The molecule has 3 aromatic rings. The highest BCUT2D eigenvalue weighted by Gasteiger charge is 2.35. The second-order valence-corrected chi connectivity index (χ2v) is 5.49. The Morgan fingerprint density at radius 1 is 0.960 bits per heavy atom. The number of nitrogens with zero attached hydrogens (tertiary/aromatic N) is 2. The summed E-state index contributed by atoms with van der Waals surface area (Å²) in [6, 6.07) is 18.7. The van der Waals surface area contributed by atoms with E-state index < -0.39 is 5.82 Å². The lowest BCUT2D eigenvalue weighted by Crippen LogP contribution is -2.27. The van der Waals surface area contributed by atoms with E-state index in [0.717, 1.165) is 10.6 Å². The van der Waals surface area contributed by atoms with E-state index in [-0.39, 0.29) is 11.8 Å². The van der Waals surface area contributed by atoms with Crippen LogP contribution in [-0.2, 0) is 0 Å². The number of benzene rings is 2. The Hall–Kier alpha value is -3.47. The fourth-order valence-electron chi connectivity index (χ4n) is 2.67. The van der Waals surface area contributed by atoms with Crippen molar-refractivity contribution in [3.05, 3.63) is 95.4 Å². The summed E-state index contributed by atoms with van der Waals surface area (Å²) in [4.78, 5) is 22.5. The minimum absolute atomic E-state index is 0.281. The van der Waals surface area contributed by atoms with E-state index in [4.69, 9.17) is 4.84 Å². The topological polar surface area (TPSA) is 42.4 Å². The molecule has 1 amide bonds. The predicted octanol–water partition coefficient (Wildman–Crippen LogP) is 4.17. The van der Waals surface area contributed by atoms with Crippen LogP contribution in [0.3, 0.4) is 0 Å². The number of halogens is 1. The summed E-state index contributed by atoms with van der Waals surface area (Å²) in [6.07, 6.45) is 3.36. The van der Waals surface area contributed by atoms with Crippen LogP contribution < -0.4 is 4.84 Å². The Balaban J connectivity index is 1.82. The molecule has 0 fully saturated rings. The minimum Gasteiger partial charge on any atom is -0.351 e. The maximum absolute atomic E-state index is 13.7. The van der Waals surface area contributed by atoms with Gasteiger partial charge in [-0.1, -0.05) is 36.4 Å². The molecule has 1 aromatic heterocycles. The van der Waals surface area contributed by atoms with Gasteiger partial charge in [0.1, 0.15) is 5.82 Å². The lowest BCUT2D eigenvalue weighted by atomic mass is 10.1. The number of hydrogen-bond acceptors (Lipinski definition) is 3. The van der Waals surface area contributed by atoms with Crippen LogP contribution in [0.2, 0.25) is 0 Å². The Bertz CT molecular complexity index is 956. The van der Waals surface area contributed by atoms with Gasteiger partial charge in [-0.3, -0.25) is 4.79 Å². The second-order valence-electron chi connectivity index (χ2n) is 5.49. The summed E-state index contributed by atoms with van der Waals surface area (Å²) in [5, 5.41) is 1.15. The molecule has 1 aliphatic rings. The fraction of sp³-hybridized carbons (Fsp3) is 0. The largest absolute Gasteiger partial charge is 0.351 e. The van der Waals surface area contributed by atoms with Gasteiger partial charge in [-0.15, -0.1) is 5.06 Å². The van der Waals surface area contributed by atoms with Gasteiger partial charge >= 0.3 is 0 Å². The van der Waals surface area contributed by atoms with Crippen molar-refractivity contribution in [2.24, 2.45) is 0 Å². The molecule has 0 bridgehead atoms. The van der Waals surface area contributed by atoms with Gasteiger partial charge in [-0.05, 0) is 35.9 Å². The summed E-state index contributed by atoms with van der Waals surface area (Å²) in [7, 11) is 0. The van der Waals surface area contributed by atoms with Crippen LogP contribution in [0, 0.1) is 5.82 Å². The van der Waals surface area contributed by atoms with Crippen molar-refractivity contribution in [1.82, 2.24) is 10.0 Å². The molecule has 25 heavy (non-hydrogen) atoms. The van der Waals surface area contributed by atoms with Crippen LogP contribution >= 0.6 is 0 Å². The summed E-state index contributed by atoms with van der Waals surface area (Å²) in [5.74, 6) is -0.490. The van der Waals surface area contributed by atoms with Crippen molar-refractivity contribution < 1.29 is 14.0 Å². The van der Waals surface area contributed by atoms with Gasteiger partial charge in [-0.25, -0.2) is 9.37 Å². The van der Waals surface area contributed by atoms with Crippen molar-refractivity contribution in [1.29, 1.82) is 0 Å². The monoisotopic (exact) mass is 332 g/mol. The van der Waals surface area contributed by atoms with Gasteiger partial charge in [-0.2, -0.15) is 0 Å². The zero-order chi connectivity index (χ0) is 17.2. The van der Waals surface area contributed by atoms with Crippen molar-refractivity contribution in [3.63, 3.8) is 0 Å². The fourth-order valence-corrected chi connectivity index (χ4v) is 2.67. The first-order valence-electron chi connectivity index (χ1n) is 7.72. The molecule has 0 spiro atoms. The highest BCUT2D eigenvalue weighted by atomic mass is 19.1. The molecule has 0 unspecified atom stereocenters. The standard InChI is InChI=1S/C20H13FN2O2/c21-15-9-10-16-17(13-15)18(12-14-6-2-1-3-7-14)23(20(16)24)25-19-8-4-5-11-22-19/h1-13H/b18-12+. The summed E-state index contributed by atoms with van der Waals surface area (Å²) in [6.45, 7) is 0. The van der Waals surface area contributed by atoms with E-state index in [9.17, 15) is 9.18 Å². The first kappa shape index (κ1) is 15.1. The summed E-state index contributed by atoms with van der Waals surface area (Å²) < 4.78 is 13.7. The van der Waals surface area contributed by atoms with Gasteiger partial charge < -0.3 is 4.84 Å². The zero-order valence-electron chi connectivity index (χ0n) is 13.1. The zero-order valence-corrected chi connectivity index (χ0v) is 13.1. The Kier molecular flexibility index (Phi) is 3.74. The molecule has 0 aliphatic carbocycles. The van der Waals surface area contributed by atoms with Gasteiger partial charge in [0.2, 0.25) is 5.88 Å². The van der Waals surface area contributed by atoms with Gasteiger partial charge in [0.25, 0.3) is 5.91 Å². The molecule has 122 valence electrons. The number of amides is 1. The number of hydroxylamine groups is 2. The molecular formula is C20H13FN2O2. The third kappa shape index (κ3) is 2.87. The maximum atomic E-state index is 13.7. The number of aromatic nitrogens is 1. The number of carbonyl (C=O) groups is 1. The van der Waals surface area contributed by atoms with Crippen LogP contribution in [0.5, 0.6) is 5.88 Å². The Labute approximate surface area is 143 Å². The smallest absolute Gasteiger partial charge is 0.292 e. The molecule has 0 atom stereocenters. The third-order valence-corrected chi connectivity index (χ3v) is 3.82. The lowest BCUT2D eigenvalue weighted by molar-refractivity contribution is 0.0107. The first-order valence-corrected chi connectivity index (χ1v) is 7.72. The van der Waals surface area contributed by atoms with Gasteiger partial charge in [0.05, 0.1) is 11.3 Å². The van der Waals surface area contributed by atoms with E-state index >= 15 is 0 Å². The number of carbonyl (C=O) groups excluding carboxylic acids is 1. The number of pyridine rings is 1. The Morgan fingerprint density at radius 3 is 2.52 bits per heavy atom. The molecule has 2 aromatic carbocycles. The SMILES string of the molecule is O=C1c2ccc(F)cc2/C(=C\c2ccccc2)N1Oc1ccccn1. The van der Waals surface area contributed by atoms with Crippen LogP contribution in [0.15, 0.2) is 72.9 Å². The van der Waals surface area contributed by atoms with Crippen LogP contribution in [0.25, 0.3) is 11.8 Å². The molecule has 2 heterocycles. The summed E-state index contributed by atoms with van der Waals surface area (Å²) >= 11 is 0. The van der Waals surface area contributed by atoms with Crippen molar-refractivity contribution in [2.75, 3.05) is 0 Å². The quantitative estimate of drug-likeness (QED) is 0.723. The average molecular weight is 332 g/mol.